The van der Waals surface area contributed by atoms with Crippen molar-refractivity contribution in [3.05, 3.63) is 29.8 Å². The molecular formula is C15H23NO2. The van der Waals surface area contributed by atoms with Gasteiger partial charge in [-0.2, -0.15) is 0 Å². The lowest BCUT2D eigenvalue weighted by atomic mass is 10.0. The molecule has 1 fully saturated rings. The monoisotopic (exact) mass is 249 g/mol. The smallest absolute Gasteiger partial charge is 0.119 e. The summed E-state index contributed by atoms with van der Waals surface area (Å²) in [5, 5.41) is 3.47. The highest BCUT2D eigenvalue weighted by Crippen LogP contribution is 2.24. The lowest BCUT2D eigenvalue weighted by Gasteiger charge is -2.23. The molecule has 2 rings (SSSR count). The summed E-state index contributed by atoms with van der Waals surface area (Å²) in [5.41, 5.74) is 1.28. The van der Waals surface area contributed by atoms with E-state index in [1.165, 1.54) is 12.0 Å². The maximum atomic E-state index is 5.75. The molecule has 1 heterocycles. The van der Waals surface area contributed by atoms with Crippen molar-refractivity contribution in [3.63, 3.8) is 0 Å². The van der Waals surface area contributed by atoms with Crippen molar-refractivity contribution in [2.75, 3.05) is 19.8 Å². The summed E-state index contributed by atoms with van der Waals surface area (Å²) in [5.74, 6) is 0.945. The van der Waals surface area contributed by atoms with Crippen LogP contribution in [0.4, 0.5) is 0 Å². The minimum absolute atomic E-state index is 0.0253. The van der Waals surface area contributed by atoms with E-state index in [0.29, 0.717) is 6.61 Å². The molecule has 1 atom stereocenters. The molecule has 18 heavy (non-hydrogen) atoms. The minimum atomic E-state index is 0.0253. The molecule has 1 aliphatic heterocycles. The van der Waals surface area contributed by atoms with Crippen LogP contribution in [0, 0.1) is 0 Å². The second-order valence-corrected chi connectivity index (χ2v) is 5.09. The number of hydrogen-bond acceptors (Lipinski definition) is 3. The molecule has 0 saturated carbocycles. The van der Waals surface area contributed by atoms with Crippen molar-refractivity contribution in [2.45, 2.75) is 38.8 Å². The second-order valence-electron chi connectivity index (χ2n) is 5.09. The van der Waals surface area contributed by atoms with E-state index in [4.69, 9.17) is 9.47 Å². The average Bonchev–Trinajstić information content (AvgIpc) is 2.77. The molecule has 1 saturated heterocycles. The highest BCUT2D eigenvalue weighted by molar-refractivity contribution is 5.28. The number of benzene rings is 1. The van der Waals surface area contributed by atoms with Gasteiger partial charge in [-0.25, -0.2) is 0 Å². The molecule has 0 bridgehead atoms. The number of nitrogens with one attached hydrogen (secondary N) is 1. The van der Waals surface area contributed by atoms with Crippen LogP contribution < -0.4 is 10.1 Å². The number of ether oxygens (including phenoxy) is 2. The van der Waals surface area contributed by atoms with Gasteiger partial charge in [-0.1, -0.05) is 12.1 Å². The maximum Gasteiger partial charge on any atom is 0.119 e. The Morgan fingerprint density at radius 3 is 3.06 bits per heavy atom. The van der Waals surface area contributed by atoms with Gasteiger partial charge >= 0.3 is 0 Å². The predicted octanol–water partition coefficient (Wildman–Crippen LogP) is 2.74. The van der Waals surface area contributed by atoms with Gasteiger partial charge in [-0.05, 0) is 44.4 Å². The lowest BCUT2D eigenvalue weighted by Crippen LogP contribution is -2.36. The fraction of sp³-hybridized carbons (Fsp3) is 0.600. The average molecular weight is 249 g/mol. The van der Waals surface area contributed by atoms with Crippen LogP contribution in [0.15, 0.2) is 24.3 Å². The Hall–Kier alpha value is -1.06. The summed E-state index contributed by atoms with van der Waals surface area (Å²) in [7, 11) is 0. The van der Waals surface area contributed by atoms with Gasteiger partial charge < -0.3 is 14.8 Å². The Morgan fingerprint density at radius 2 is 2.33 bits per heavy atom. The van der Waals surface area contributed by atoms with E-state index in [1.54, 1.807) is 0 Å². The molecule has 1 unspecified atom stereocenters. The first-order valence-electron chi connectivity index (χ1n) is 6.78. The minimum Gasteiger partial charge on any atom is -0.494 e. The van der Waals surface area contributed by atoms with Gasteiger partial charge in [-0.3, -0.25) is 0 Å². The molecule has 0 aromatic heterocycles. The fourth-order valence-corrected chi connectivity index (χ4v) is 2.36. The zero-order chi connectivity index (χ0) is 12.8. The molecule has 100 valence electrons. The van der Waals surface area contributed by atoms with Gasteiger partial charge in [0.2, 0.25) is 0 Å². The third-order valence-electron chi connectivity index (χ3n) is 3.34. The van der Waals surface area contributed by atoms with E-state index >= 15 is 0 Å². The summed E-state index contributed by atoms with van der Waals surface area (Å²) in [6.07, 6.45) is 2.33. The van der Waals surface area contributed by atoms with Crippen molar-refractivity contribution < 1.29 is 9.47 Å². The topological polar surface area (TPSA) is 30.5 Å². The standard InChI is InChI=1S/C15H23NO2/c1-3-17-14-7-4-6-13(10-14)11-16-12-15(2)8-5-9-18-15/h4,6-7,10,16H,3,5,8-9,11-12H2,1-2H3. The second kappa shape index (κ2) is 6.21. The number of hydrogen-bond donors (Lipinski definition) is 1. The Kier molecular flexibility index (Phi) is 4.61. The zero-order valence-corrected chi connectivity index (χ0v) is 11.4. The quantitative estimate of drug-likeness (QED) is 0.841. The molecule has 1 N–H and O–H groups in total. The zero-order valence-electron chi connectivity index (χ0n) is 11.4. The molecule has 3 heteroatoms. The molecular weight excluding hydrogens is 226 g/mol. The maximum absolute atomic E-state index is 5.75. The third kappa shape index (κ3) is 3.72. The van der Waals surface area contributed by atoms with Gasteiger partial charge in [0.25, 0.3) is 0 Å². The SMILES string of the molecule is CCOc1cccc(CNCC2(C)CCCO2)c1. The van der Waals surface area contributed by atoms with E-state index in [-0.39, 0.29) is 5.60 Å². The molecule has 0 spiro atoms. The summed E-state index contributed by atoms with van der Waals surface area (Å²) < 4.78 is 11.2. The summed E-state index contributed by atoms with van der Waals surface area (Å²) in [6, 6.07) is 8.24. The molecule has 0 radical (unpaired) electrons. The van der Waals surface area contributed by atoms with Gasteiger partial charge in [0.15, 0.2) is 0 Å². The van der Waals surface area contributed by atoms with E-state index < -0.39 is 0 Å². The van der Waals surface area contributed by atoms with Crippen LogP contribution in [0.25, 0.3) is 0 Å². The van der Waals surface area contributed by atoms with Crippen molar-refractivity contribution in [1.82, 2.24) is 5.32 Å². The van der Waals surface area contributed by atoms with E-state index in [9.17, 15) is 0 Å². The van der Waals surface area contributed by atoms with Crippen LogP contribution in [0.2, 0.25) is 0 Å². The van der Waals surface area contributed by atoms with Crippen molar-refractivity contribution in [2.24, 2.45) is 0 Å². The molecule has 3 nitrogen and oxygen atoms in total. The van der Waals surface area contributed by atoms with Crippen LogP contribution in [0.5, 0.6) is 5.75 Å². The van der Waals surface area contributed by atoms with E-state index in [0.717, 1.165) is 31.9 Å². The molecule has 0 amide bonds. The van der Waals surface area contributed by atoms with Crippen molar-refractivity contribution in [1.29, 1.82) is 0 Å². The first kappa shape index (κ1) is 13.4. The Bertz CT molecular complexity index is 373. The first-order valence-corrected chi connectivity index (χ1v) is 6.78. The normalized spacial score (nSPS) is 23.2. The molecule has 0 aliphatic carbocycles. The van der Waals surface area contributed by atoms with E-state index in [2.05, 4.69) is 24.4 Å². The lowest BCUT2D eigenvalue weighted by molar-refractivity contribution is 0.0207. The summed E-state index contributed by atoms with van der Waals surface area (Å²) >= 11 is 0. The van der Waals surface area contributed by atoms with Crippen LogP contribution in [-0.2, 0) is 11.3 Å². The Labute approximate surface area is 109 Å². The fourth-order valence-electron chi connectivity index (χ4n) is 2.36. The van der Waals surface area contributed by atoms with Crippen LogP contribution in [0.1, 0.15) is 32.3 Å². The van der Waals surface area contributed by atoms with Crippen LogP contribution >= 0.6 is 0 Å². The molecule has 1 aromatic rings. The molecule has 1 aliphatic rings. The first-order chi connectivity index (χ1) is 8.72. The largest absolute Gasteiger partial charge is 0.494 e. The summed E-state index contributed by atoms with van der Waals surface area (Å²) in [4.78, 5) is 0. The van der Waals surface area contributed by atoms with Gasteiger partial charge in [-0.15, -0.1) is 0 Å². The Morgan fingerprint density at radius 1 is 1.44 bits per heavy atom. The van der Waals surface area contributed by atoms with Gasteiger partial charge in [0, 0.05) is 19.7 Å². The van der Waals surface area contributed by atoms with Crippen molar-refractivity contribution >= 4 is 0 Å². The molecule has 1 aromatic carbocycles. The predicted molar refractivity (Wildman–Crippen MR) is 72.9 cm³/mol. The van der Waals surface area contributed by atoms with Crippen LogP contribution in [-0.4, -0.2) is 25.4 Å². The highest BCUT2D eigenvalue weighted by atomic mass is 16.5. The third-order valence-corrected chi connectivity index (χ3v) is 3.34. The number of rotatable bonds is 6. The van der Waals surface area contributed by atoms with Gasteiger partial charge in [0.1, 0.15) is 5.75 Å². The van der Waals surface area contributed by atoms with Crippen LogP contribution in [0.3, 0.4) is 0 Å². The van der Waals surface area contributed by atoms with Crippen molar-refractivity contribution in [3.8, 4) is 5.75 Å². The Balaban J connectivity index is 1.80. The highest BCUT2D eigenvalue weighted by Gasteiger charge is 2.28. The van der Waals surface area contributed by atoms with Gasteiger partial charge in [0.05, 0.1) is 12.2 Å². The van der Waals surface area contributed by atoms with E-state index in [1.807, 2.05) is 19.1 Å². The summed E-state index contributed by atoms with van der Waals surface area (Å²) in [6.45, 7) is 7.57.